The number of allylic oxidation sites excluding steroid dienone is 1. The molecule has 0 spiro atoms. The third kappa shape index (κ3) is 32.6. The predicted octanol–water partition coefficient (Wildman–Crippen LogP) is 7.04. The molecule has 0 aliphatic heterocycles. The fourth-order valence-corrected chi connectivity index (χ4v) is 5.03. The summed E-state index contributed by atoms with van der Waals surface area (Å²) in [6, 6.07) is 0. The topological polar surface area (TPSA) is 66.4 Å². The van der Waals surface area contributed by atoms with Crippen molar-refractivity contribution in [3.8, 4) is 0 Å². The average molecular weight is 539 g/mol. The van der Waals surface area contributed by atoms with Gasteiger partial charge in [-0.15, -0.1) is 0 Å². The number of rotatable bonds is 28. The molecule has 0 fully saturated rings. The predicted molar refractivity (Wildman–Crippen MR) is 150 cm³/mol. The SMILES string of the molecule is CCCCCCCCCCCCCCCC/C=C/C(CCCCCCCCCC)COS(=O)(=O)[O-].[Na+]. The van der Waals surface area contributed by atoms with Crippen molar-refractivity contribution in [1.82, 2.24) is 0 Å². The van der Waals surface area contributed by atoms with E-state index in [1.54, 1.807) is 0 Å². The molecule has 0 aliphatic rings. The van der Waals surface area contributed by atoms with Gasteiger partial charge >= 0.3 is 29.6 Å². The third-order valence-electron chi connectivity index (χ3n) is 6.99. The van der Waals surface area contributed by atoms with Gasteiger partial charge in [0.25, 0.3) is 0 Å². The number of hydrogen-bond acceptors (Lipinski definition) is 4. The Hall–Kier alpha value is 0.610. The fraction of sp³-hybridized carbons (Fsp3) is 0.933. The summed E-state index contributed by atoms with van der Waals surface area (Å²) in [6.45, 7) is 4.49. The molecule has 0 radical (unpaired) electrons. The van der Waals surface area contributed by atoms with Gasteiger partial charge < -0.3 is 4.55 Å². The molecule has 0 rings (SSSR count). The van der Waals surface area contributed by atoms with Gasteiger partial charge in [0.05, 0.1) is 6.61 Å². The number of unbranched alkanes of at least 4 members (excludes halogenated alkanes) is 21. The molecule has 0 aliphatic carbocycles. The van der Waals surface area contributed by atoms with Crippen molar-refractivity contribution >= 4 is 10.4 Å². The molecule has 4 nitrogen and oxygen atoms in total. The molecule has 36 heavy (non-hydrogen) atoms. The van der Waals surface area contributed by atoms with Crippen LogP contribution in [0.2, 0.25) is 0 Å². The molecule has 0 saturated carbocycles. The molecule has 0 aromatic rings. The normalized spacial score (nSPS) is 12.8. The van der Waals surface area contributed by atoms with E-state index >= 15 is 0 Å². The van der Waals surface area contributed by atoms with Crippen LogP contribution >= 0.6 is 0 Å². The first-order valence-electron chi connectivity index (χ1n) is 15.3. The molecule has 0 saturated heterocycles. The van der Waals surface area contributed by atoms with Crippen molar-refractivity contribution in [2.24, 2.45) is 5.92 Å². The van der Waals surface area contributed by atoms with Crippen LogP contribution < -0.4 is 29.6 Å². The van der Waals surface area contributed by atoms with E-state index in [0.717, 1.165) is 19.3 Å². The average Bonchev–Trinajstić information content (AvgIpc) is 2.82. The minimum atomic E-state index is -4.61. The monoisotopic (exact) mass is 538 g/mol. The Bertz CT molecular complexity index is 551. The van der Waals surface area contributed by atoms with Crippen LogP contribution in [0.1, 0.15) is 168 Å². The van der Waals surface area contributed by atoms with Crippen molar-refractivity contribution in [2.75, 3.05) is 6.61 Å². The van der Waals surface area contributed by atoms with Crippen LogP contribution in [0.15, 0.2) is 12.2 Å². The maximum absolute atomic E-state index is 10.9. The van der Waals surface area contributed by atoms with Gasteiger partial charge in [0, 0.05) is 5.92 Å². The summed E-state index contributed by atoms with van der Waals surface area (Å²) in [5.41, 5.74) is 0. The summed E-state index contributed by atoms with van der Waals surface area (Å²) in [7, 11) is -4.61. The molecule has 1 unspecified atom stereocenters. The molecule has 0 N–H and O–H groups in total. The second-order valence-corrected chi connectivity index (χ2v) is 11.6. The Kier molecular flexibility index (Phi) is 32.5. The smallest absolute Gasteiger partial charge is 0.726 e. The summed E-state index contributed by atoms with van der Waals surface area (Å²) in [5.74, 6) is 0.0189. The van der Waals surface area contributed by atoms with E-state index in [9.17, 15) is 13.0 Å². The Balaban J connectivity index is 0. The van der Waals surface area contributed by atoms with Crippen molar-refractivity contribution in [3.05, 3.63) is 12.2 Å². The number of hydrogen-bond donors (Lipinski definition) is 0. The zero-order valence-electron chi connectivity index (χ0n) is 24.5. The first kappa shape index (κ1) is 38.8. The zero-order valence-corrected chi connectivity index (χ0v) is 27.3. The van der Waals surface area contributed by atoms with Gasteiger partial charge in [-0.05, 0) is 19.3 Å². The molecule has 0 amide bonds. The van der Waals surface area contributed by atoms with Gasteiger partial charge in [0.1, 0.15) is 0 Å². The first-order chi connectivity index (χ1) is 17.0. The molecular weight excluding hydrogens is 479 g/mol. The van der Waals surface area contributed by atoms with E-state index < -0.39 is 10.4 Å². The van der Waals surface area contributed by atoms with Crippen molar-refractivity contribution in [1.29, 1.82) is 0 Å². The molecule has 0 aromatic carbocycles. The molecule has 0 aromatic heterocycles. The maximum Gasteiger partial charge on any atom is 1.00 e. The van der Waals surface area contributed by atoms with Gasteiger partial charge in [-0.25, -0.2) is 8.42 Å². The molecule has 1 atom stereocenters. The van der Waals surface area contributed by atoms with E-state index in [2.05, 4.69) is 30.2 Å². The van der Waals surface area contributed by atoms with Crippen LogP contribution in [0, 0.1) is 5.92 Å². The summed E-state index contributed by atoms with van der Waals surface area (Å²) >= 11 is 0. The molecular formula is C30H59NaO4S. The summed E-state index contributed by atoms with van der Waals surface area (Å²) in [6.07, 6.45) is 35.2. The Morgan fingerprint density at radius 3 is 1.36 bits per heavy atom. The molecule has 0 bridgehead atoms. The van der Waals surface area contributed by atoms with Crippen LogP contribution in [-0.2, 0) is 14.6 Å². The van der Waals surface area contributed by atoms with Crippen LogP contribution in [0.3, 0.4) is 0 Å². The summed E-state index contributed by atoms with van der Waals surface area (Å²) in [5, 5.41) is 0. The molecule has 210 valence electrons. The quantitative estimate of drug-likeness (QED) is 0.0352. The van der Waals surface area contributed by atoms with Crippen LogP contribution in [0.25, 0.3) is 0 Å². The Labute approximate surface area is 248 Å². The maximum atomic E-state index is 10.9. The van der Waals surface area contributed by atoms with Crippen molar-refractivity contribution in [2.45, 2.75) is 168 Å². The third-order valence-corrected chi connectivity index (χ3v) is 7.41. The Morgan fingerprint density at radius 1 is 0.611 bits per heavy atom. The Morgan fingerprint density at radius 2 is 0.972 bits per heavy atom. The van der Waals surface area contributed by atoms with Gasteiger partial charge in [0.2, 0.25) is 10.4 Å². The molecule has 0 heterocycles. The zero-order chi connectivity index (χ0) is 25.9. The minimum absolute atomic E-state index is 0. The van der Waals surface area contributed by atoms with Crippen molar-refractivity contribution in [3.63, 3.8) is 0 Å². The van der Waals surface area contributed by atoms with Gasteiger partial charge in [0.15, 0.2) is 0 Å². The summed E-state index contributed by atoms with van der Waals surface area (Å²) < 4.78 is 37.1. The first-order valence-corrected chi connectivity index (χ1v) is 16.6. The fourth-order valence-electron chi connectivity index (χ4n) is 4.69. The van der Waals surface area contributed by atoms with Crippen LogP contribution in [0.5, 0.6) is 0 Å². The summed E-state index contributed by atoms with van der Waals surface area (Å²) in [4.78, 5) is 0. The van der Waals surface area contributed by atoms with E-state index in [-0.39, 0.29) is 42.1 Å². The standard InChI is InChI=1S/C30H60O4S.Na/c1-3-5-7-9-11-13-14-15-16-17-18-19-20-22-24-26-28-30(29-34-35(31,32)33)27-25-23-21-12-10-8-6-4-2;/h26,28,30H,3-25,27,29H2,1-2H3,(H,31,32,33);/q;+1/p-1/b28-26+;. The van der Waals surface area contributed by atoms with E-state index in [1.807, 2.05) is 0 Å². The van der Waals surface area contributed by atoms with E-state index in [0.29, 0.717) is 0 Å². The van der Waals surface area contributed by atoms with Crippen molar-refractivity contribution < 1.29 is 46.7 Å². The van der Waals surface area contributed by atoms with Crippen LogP contribution in [0.4, 0.5) is 0 Å². The molecule has 6 heteroatoms. The largest absolute Gasteiger partial charge is 1.00 e. The van der Waals surface area contributed by atoms with Gasteiger partial charge in [-0.3, -0.25) is 4.18 Å². The van der Waals surface area contributed by atoms with Crippen LogP contribution in [-0.4, -0.2) is 19.6 Å². The van der Waals surface area contributed by atoms with E-state index in [1.165, 1.54) is 135 Å². The minimum Gasteiger partial charge on any atom is -0.726 e. The van der Waals surface area contributed by atoms with Gasteiger partial charge in [-0.1, -0.05) is 161 Å². The second-order valence-electron chi connectivity index (χ2n) is 10.5. The van der Waals surface area contributed by atoms with Gasteiger partial charge in [-0.2, -0.15) is 0 Å². The second kappa shape index (κ2) is 30.2. The van der Waals surface area contributed by atoms with E-state index in [4.69, 9.17) is 0 Å².